The van der Waals surface area contributed by atoms with E-state index in [-0.39, 0.29) is 29.6 Å². The summed E-state index contributed by atoms with van der Waals surface area (Å²) >= 11 is 0. The minimum atomic E-state index is -4.08. The van der Waals surface area contributed by atoms with E-state index in [2.05, 4.69) is 10.1 Å². The van der Waals surface area contributed by atoms with Crippen LogP contribution >= 0.6 is 12.4 Å². The Kier molecular flexibility index (Phi) is 7.59. The summed E-state index contributed by atoms with van der Waals surface area (Å²) in [5, 5.41) is 3.17. The summed E-state index contributed by atoms with van der Waals surface area (Å²) in [6.45, 7) is -2.11. The first-order chi connectivity index (χ1) is 12.9. The average Bonchev–Trinajstić information content (AvgIpc) is 2.68. The number of hydrogen-bond acceptors (Lipinski definition) is 5. The topological polar surface area (TPSA) is 67.9 Å². The van der Waals surface area contributed by atoms with Crippen molar-refractivity contribution in [1.29, 1.82) is 0 Å². The van der Waals surface area contributed by atoms with E-state index in [1.165, 1.54) is 35.7 Å². The van der Waals surface area contributed by atoms with Crippen LogP contribution in [0, 0.1) is 0 Å². The van der Waals surface area contributed by atoms with Gasteiger partial charge in [0, 0.05) is 25.2 Å². The molecule has 1 atom stereocenters. The van der Waals surface area contributed by atoms with Gasteiger partial charge in [-0.3, -0.25) is 0 Å². The van der Waals surface area contributed by atoms with Gasteiger partial charge in [0.1, 0.15) is 16.4 Å². The van der Waals surface area contributed by atoms with E-state index in [0.29, 0.717) is 24.4 Å². The van der Waals surface area contributed by atoms with Crippen LogP contribution in [0.1, 0.15) is 11.6 Å². The Labute approximate surface area is 168 Å². The number of ether oxygens (including phenoxy) is 2. The predicted octanol–water partition coefficient (Wildman–Crippen LogP) is 3.05. The van der Waals surface area contributed by atoms with E-state index < -0.39 is 22.7 Å². The van der Waals surface area contributed by atoms with Crippen LogP contribution in [0.3, 0.4) is 0 Å². The quantitative estimate of drug-likeness (QED) is 0.756. The maximum absolute atomic E-state index is 13.3. The summed E-state index contributed by atoms with van der Waals surface area (Å²) in [7, 11) is -2.57. The maximum atomic E-state index is 13.3. The molecular formula is C18H21ClF2N2O4S. The molecule has 28 heavy (non-hydrogen) atoms. The molecule has 0 aromatic heterocycles. The standard InChI is InChI=1S/C18H20F2N2O4S.ClH/c1-25-15-7-3-2-6-13(15)14-12-21-10-11-22(14)27(23,24)17-9-5-4-8-16(17)26-18(19)20;/h2-9,14,18,21H,10-12H2,1H3;1H. The van der Waals surface area contributed by atoms with Gasteiger partial charge in [-0.15, -0.1) is 12.4 Å². The molecule has 3 rings (SSSR count). The van der Waals surface area contributed by atoms with Crippen LogP contribution in [0.15, 0.2) is 53.4 Å². The lowest BCUT2D eigenvalue weighted by Gasteiger charge is -2.36. The Morgan fingerprint density at radius 2 is 1.75 bits per heavy atom. The van der Waals surface area contributed by atoms with E-state index in [4.69, 9.17) is 4.74 Å². The molecule has 0 spiro atoms. The zero-order valence-electron chi connectivity index (χ0n) is 15.0. The molecule has 1 unspecified atom stereocenters. The summed E-state index contributed by atoms with van der Waals surface area (Å²) in [5.41, 5.74) is 0.697. The third kappa shape index (κ3) is 4.54. The van der Waals surface area contributed by atoms with Gasteiger partial charge >= 0.3 is 6.61 Å². The van der Waals surface area contributed by atoms with Crippen LogP contribution in [-0.2, 0) is 10.0 Å². The monoisotopic (exact) mass is 434 g/mol. The minimum absolute atomic E-state index is 0. The Bertz CT molecular complexity index is 899. The van der Waals surface area contributed by atoms with Gasteiger partial charge in [0.15, 0.2) is 0 Å². The largest absolute Gasteiger partial charge is 0.496 e. The SMILES string of the molecule is COc1ccccc1C1CNCCN1S(=O)(=O)c1ccccc1OC(F)F.Cl. The van der Waals surface area contributed by atoms with Gasteiger partial charge < -0.3 is 14.8 Å². The maximum Gasteiger partial charge on any atom is 0.387 e. The molecule has 1 fully saturated rings. The molecule has 0 saturated carbocycles. The molecule has 1 N–H and O–H groups in total. The smallest absolute Gasteiger partial charge is 0.387 e. The highest BCUT2D eigenvalue weighted by Gasteiger charge is 2.37. The number of piperazine rings is 1. The first-order valence-electron chi connectivity index (χ1n) is 8.34. The third-order valence-corrected chi connectivity index (χ3v) is 6.29. The number of rotatable bonds is 6. The number of para-hydroxylation sites is 2. The molecular weight excluding hydrogens is 414 g/mol. The van der Waals surface area contributed by atoms with E-state index in [1.54, 1.807) is 24.3 Å². The van der Waals surface area contributed by atoms with Crippen molar-refractivity contribution >= 4 is 22.4 Å². The lowest BCUT2D eigenvalue weighted by atomic mass is 10.0. The molecule has 0 radical (unpaired) electrons. The van der Waals surface area contributed by atoms with Crippen molar-refractivity contribution in [2.24, 2.45) is 0 Å². The Morgan fingerprint density at radius 1 is 1.11 bits per heavy atom. The normalized spacial score (nSPS) is 17.8. The zero-order valence-corrected chi connectivity index (χ0v) is 16.7. The highest BCUT2D eigenvalue weighted by atomic mass is 35.5. The molecule has 0 bridgehead atoms. The van der Waals surface area contributed by atoms with Crippen molar-refractivity contribution in [2.75, 3.05) is 26.7 Å². The molecule has 10 heteroatoms. The number of halogens is 3. The second-order valence-corrected chi connectivity index (χ2v) is 7.76. The van der Waals surface area contributed by atoms with E-state index >= 15 is 0 Å². The van der Waals surface area contributed by atoms with Crippen molar-refractivity contribution in [1.82, 2.24) is 9.62 Å². The van der Waals surface area contributed by atoms with Crippen LogP contribution < -0.4 is 14.8 Å². The number of nitrogens with one attached hydrogen (secondary N) is 1. The number of hydrogen-bond donors (Lipinski definition) is 1. The van der Waals surface area contributed by atoms with Crippen molar-refractivity contribution < 1.29 is 26.7 Å². The second kappa shape index (κ2) is 9.51. The van der Waals surface area contributed by atoms with Crippen LogP contribution in [-0.4, -0.2) is 46.1 Å². The number of nitrogens with zero attached hydrogens (tertiary/aromatic N) is 1. The van der Waals surface area contributed by atoms with E-state index in [1.807, 2.05) is 0 Å². The molecule has 2 aromatic rings. The number of methoxy groups -OCH3 is 1. The molecule has 154 valence electrons. The Balaban J connectivity index is 0.00000280. The lowest BCUT2D eigenvalue weighted by Crippen LogP contribution is -2.48. The number of sulfonamides is 1. The van der Waals surface area contributed by atoms with Crippen molar-refractivity contribution in [3.05, 3.63) is 54.1 Å². The molecule has 1 aliphatic rings. The van der Waals surface area contributed by atoms with Crippen molar-refractivity contribution in [3.8, 4) is 11.5 Å². The molecule has 0 amide bonds. The van der Waals surface area contributed by atoms with Crippen molar-refractivity contribution in [3.63, 3.8) is 0 Å². The molecule has 1 saturated heterocycles. The number of benzene rings is 2. The van der Waals surface area contributed by atoms with Gasteiger partial charge in [0.2, 0.25) is 10.0 Å². The van der Waals surface area contributed by atoms with Gasteiger partial charge in [-0.25, -0.2) is 8.42 Å². The highest BCUT2D eigenvalue weighted by Crippen LogP contribution is 2.36. The molecule has 1 aliphatic heterocycles. The fourth-order valence-electron chi connectivity index (χ4n) is 3.16. The predicted molar refractivity (Wildman–Crippen MR) is 103 cm³/mol. The van der Waals surface area contributed by atoms with Crippen LogP contribution in [0.2, 0.25) is 0 Å². The summed E-state index contributed by atoms with van der Waals surface area (Å²) in [5.74, 6) is 0.188. The van der Waals surface area contributed by atoms with Gasteiger partial charge in [0.05, 0.1) is 13.2 Å². The lowest BCUT2D eigenvalue weighted by molar-refractivity contribution is -0.0518. The summed E-state index contributed by atoms with van der Waals surface area (Å²) in [4.78, 5) is -0.285. The zero-order chi connectivity index (χ0) is 19.4. The van der Waals surface area contributed by atoms with Crippen LogP contribution in [0.5, 0.6) is 11.5 Å². The highest BCUT2D eigenvalue weighted by molar-refractivity contribution is 7.89. The third-order valence-electron chi connectivity index (χ3n) is 4.34. The summed E-state index contributed by atoms with van der Waals surface area (Å²) in [6.07, 6.45) is 0. The summed E-state index contributed by atoms with van der Waals surface area (Å²) < 4.78 is 63.1. The first-order valence-corrected chi connectivity index (χ1v) is 9.78. The van der Waals surface area contributed by atoms with Crippen LogP contribution in [0.4, 0.5) is 8.78 Å². The molecule has 2 aromatic carbocycles. The minimum Gasteiger partial charge on any atom is -0.496 e. The van der Waals surface area contributed by atoms with Crippen molar-refractivity contribution in [2.45, 2.75) is 17.5 Å². The molecule has 1 heterocycles. The van der Waals surface area contributed by atoms with E-state index in [9.17, 15) is 17.2 Å². The fraction of sp³-hybridized carbons (Fsp3) is 0.333. The molecule has 0 aliphatic carbocycles. The van der Waals surface area contributed by atoms with Crippen LogP contribution in [0.25, 0.3) is 0 Å². The Morgan fingerprint density at radius 3 is 2.43 bits per heavy atom. The Hall–Kier alpha value is -1.94. The van der Waals surface area contributed by atoms with Gasteiger partial charge in [-0.1, -0.05) is 30.3 Å². The van der Waals surface area contributed by atoms with E-state index in [0.717, 1.165) is 0 Å². The van der Waals surface area contributed by atoms with Gasteiger partial charge in [0.25, 0.3) is 0 Å². The first kappa shape index (κ1) is 22.4. The van der Waals surface area contributed by atoms with Gasteiger partial charge in [-0.2, -0.15) is 13.1 Å². The molecule has 6 nitrogen and oxygen atoms in total. The fourth-order valence-corrected chi connectivity index (χ4v) is 4.89. The van der Waals surface area contributed by atoms with Gasteiger partial charge in [-0.05, 0) is 18.2 Å². The number of alkyl halides is 2. The summed E-state index contributed by atoms with van der Waals surface area (Å²) in [6, 6.07) is 12.0. The second-order valence-electron chi connectivity index (χ2n) is 5.90. The average molecular weight is 435 g/mol.